The van der Waals surface area contributed by atoms with Gasteiger partial charge in [-0.2, -0.15) is 5.10 Å². The summed E-state index contributed by atoms with van der Waals surface area (Å²) >= 11 is 3.51. The van der Waals surface area contributed by atoms with Crippen LogP contribution in [0.15, 0.2) is 18.5 Å². The maximum Gasteiger partial charge on any atom is 0.249 e. The monoisotopic (exact) mass is 550 g/mol. The lowest BCUT2D eigenvalue weighted by atomic mass is 10.1. The molecule has 0 saturated heterocycles. The number of ketones is 1. The second-order valence-corrected chi connectivity index (χ2v) is 16.6. The number of hydrogen-bond donors (Lipinski definition) is 0. The molecule has 0 fully saturated rings. The van der Waals surface area contributed by atoms with E-state index in [-0.39, 0.29) is 30.5 Å². The molecule has 1 aliphatic heterocycles. The SMILES string of the molecule is CC[C@@H]1C(=O)N(C)c2cnc(C(Br)C(=O)c3ccnn3COCC[Si](C)(C)C)nc2N1C(C)C. The predicted molar refractivity (Wildman–Crippen MR) is 139 cm³/mol. The largest absolute Gasteiger partial charge is 0.360 e. The highest BCUT2D eigenvalue weighted by atomic mass is 79.9. The van der Waals surface area contributed by atoms with Crippen molar-refractivity contribution in [2.24, 2.45) is 0 Å². The molecule has 1 aliphatic rings. The van der Waals surface area contributed by atoms with Gasteiger partial charge in [0.1, 0.15) is 29.0 Å². The van der Waals surface area contributed by atoms with E-state index in [1.54, 1.807) is 35.1 Å². The van der Waals surface area contributed by atoms with Gasteiger partial charge in [0, 0.05) is 34.0 Å². The van der Waals surface area contributed by atoms with E-state index >= 15 is 0 Å². The number of rotatable bonds is 10. The summed E-state index contributed by atoms with van der Waals surface area (Å²) in [7, 11) is 0.544. The van der Waals surface area contributed by atoms with E-state index in [4.69, 9.17) is 9.72 Å². The summed E-state index contributed by atoms with van der Waals surface area (Å²) in [5.74, 6) is 0.827. The third-order valence-corrected chi connectivity index (χ3v) is 8.43. The molecular formula is C23H35BrN6O3Si. The Morgan fingerprint density at radius 3 is 2.62 bits per heavy atom. The van der Waals surface area contributed by atoms with Crippen LogP contribution in [0.4, 0.5) is 11.5 Å². The minimum absolute atomic E-state index is 0.0181. The van der Waals surface area contributed by atoms with Gasteiger partial charge >= 0.3 is 0 Å². The molecule has 0 radical (unpaired) electrons. The van der Waals surface area contributed by atoms with Crippen molar-refractivity contribution < 1.29 is 14.3 Å². The van der Waals surface area contributed by atoms with Gasteiger partial charge in [0.2, 0.25) is 11.7 Å². The number of fused-ring (bicyclic) bond motifs is 1. The fourth-order valence-corrected chi connectivity index (χ4v) is 5.15. The first-order valence-corrected chi connectivity index (χ1v) is 16.3. The summed E-state index contributed by atoms with van der Waals surface area (Å²) in [5, 5.41) is 4.26. The van der Waals surface area contributed by atoms with E-state index in [2.05, 4.69) is 45.7 Å². The number of nitrogens with zero attached hydrogens (tertiary/aromatic N) is 6. The van der Waals surface area contributed by atoms with Gasteiger partial charge < -0.3 is 14.5 Å². The minimum Gasteiger partial charge on any atom is -0.360 e. The molecule has 11 heteroatoms. The molecule has 3 rings (SSSR count). The van der Waals surface area contributed by atoms with Gasteiger partial charge in [0.15, 0.2) is 11.6 Å². The zero-order chi connectivity index (χ0) is 25.2. The highest BCUT2D eigenvalue weighted by Crippen LogP contribution is 2.37. The molecule has 0 aliphatic carbocycles. The molecule has 2 aromatic heterocycles. The quantitative estimate of drug-likeness (QED) is 0.188. The Balaban J connectivity index is 1.83. The lowest BCUT2D eigenvalue weighted by molar-refractivity contribution is -0.120. The van der Waals surface area contributed by atoms with Crippen LogP contribution >= 0.6 is 15.9 Å². The van der Waals surface area contributed by atoms with Crippen LogP contribution in [0.25, 0.3) is 0 Å². The topological polar surface area (TPSA) is 93.5 Å². The highest BCUT2D eigenvalue weighted by Gasteiger charge is 2.39. The molecule has 2 atom stereocenters. The lowest BCUT2D eigenvalue weighted by Gasteiger charge is -2.42. The van der Waals surface area contributed by atoms with Crippen LogP contribution in [0.5, 0.6) is 0 Å². The first-order chi connectivity index (χ1) is 16.0. The zero-order valence-corrected chi connectivity index (χ0v) is 23.7. The van der Waals surface area contributed by atoms with Gasteiger partial charge in [0.05, 0.1) is 6.20 Å². The molecule has 34 heavy (non-hydrogen) atoms. The van der Waals surface area contributed by atoms with Crippen molar-refractivity contribution in [1.82, 2.24) is 19.7 Å². The van der Waals surface area contributed by atoms with Crippen molar-refractivity contribution in [2.45, 2.75) is 76.5 Å². The van der Waals surface area contributed by atoms with Crippen LogP contribution < -0.4 is 9.80 Å². The number of halogens is 1. The number of Topliss-reactive ketones (excluding diaryl/α,β-unsaturated/α-hetero) is 1. The van der Waals surface area contributed by atoms with Gasteiger partial charge in [-0.25, -0.2) is 14.6 Å². The van der Waals surface area contributed by atoms with E-state index < -0.39 is 12.9 Å². The van der Waals surface area contributed by atoms with E-state index in [1.165, 1.54) is 0 Å². The van der Waals surface area contributed by atoms with Crippen LogP contribution in [0.2, 0.25) is 25.7 Å². The molecule has 0 N–H and O–H groups in total. The second-order valence-electron chi connectivity index (χ2n) is 10.1. The zero-order valence-electron chi connectivity index (χ0n) is 21.1. The Morgan fingerprint density at radius 2 is 2.00 bits per heavy atom. The number of amides is 1. The number of hydrogen-bond acceptors (Lipinski definition) is 7. The third kappa shape index (κ3) is 5.57. The average Bonchev–Trinajstić information content (AvgIpc) is 3.25. The van der Waals surface area contributed by atoms with E-state index in [0.717, 1.165) is 6.04 Å². The first-order valence-electron chi connectivity index (χ1n) is 11.7. The number of alkyl halides is 1. The molecule has 186 valence electrons. The molecule has 0 spiro atoms. The Hall–Kier alpha value is -2.11. The summed E-state index contributed by atoms with van der Waals surface area (Å²) in [6, 6.07) is 2.48. The summed E-state index contributed by atoms with van der Waals surface area (Å²) < 4.78 is 7.35. The van der Waals surface area contributed by atoms with Crippen molar-refractivity contribution in [1.29, 1.82) is 0 Å². The van der Waals surface area contributed by atoms with Crippen LogP contribution in [0.3, 0.4) is 0 Å². The number of likely N-dealkylation sites (N-methyl/N-ethyl adjacent to an activating group) is 1. The molecule has 1 amide bonds. The molecule has 3 heterocycles. The van der Waals surface area contributed by atoms with E-state index in [0.29, 0.717) is 36.1 Å². The number of anilines is 2. The Kier molecular flexibility index (Phi) is 8.30. The Bertz CT molecular complexity index is 1040. The smallest absolute Gasteiger partial charge is 0.249 e. The number of carbonyl (C=O) groups is 2. The molecule has 1 unspecified atom stereocenters. The predicted octanol–water partition coefficient (Wildman–Crippen LogP) is 4.27. The van der Waals surface area contributed by atoms with Crippen molar-refractivity contribution >= 4 is 47.2 Å². The van der Waals surface area contributed by atoms with Crippen molar-refractivity contribution in [3.05, 3.63) is 30.0 Å². The highest BCUT2D eigenvalue weighted by molar-refractivity contribution is 9.09. The fourth-order valence-electron chi connectivity index (χ4n) is 3.93. The van der Waals surface area contributed by atoms with Gasteiger partial charge in [-0.05, 0) is 32.4 Å². The van der Waals surface area contributed by atoms with Crippen LogP contribution in [-0.2, 0) is 16.3 Å². The van der Waals surface area contributed by atoms with E-state index in [1.807, 2.05) is 25.7 Å². The van der Waals surface area contributed by atoms with Crippen LogP contribution in [0, 0.1) is 0 Å². The summed E-state index contributed by atoms with van der Waals surface area (Å²) in [4.78, 5) is 38.2. The summed E-state index contributed by atoms with van der Waals surface area (Å²) in [5.41, 5.74) is 1.07. The number of aromatic nitrogens is 4. The number of ether oxygens (including phenoxy) is 1. The lowest BCUT2D eigenvalue weighted by Crippen LogP contribution is -2.55. The number of carbonyl (C=O) groups excluding carboxylic acids is 2. The molecule has 2 aromatic rings. The maximum atomic E-state index is 13.3. The summed E-state index contributed by atoms with van der Waals surface area (Å²) in [6.07, 6.45) is 3.87. The van der Waals surface area contributed by atoms with Crippen molar-refractivity contribution in [3.63, 3.8) is 0 Å². The fraction of sp³-hybridized carbons (Fsp3) is 0.609. The van der Waals surface area contributed by atoms with Gasteiger partial charge in [-0.15, -0.1) is 0 Å². The first kappa shape index (κ1) is 26.5. The molecular weight excluding hydrogens is 516 g/mol. The second kappa shape index (κ2) is 10.7. The Morgan fingerprint density at radius 1 is 1.29 bits per heavy atom. The molecule has 0 aromatic carbocycles. The van der Waals surface area contributed by atoms with Gasteiger partial charge in [0.25, 0.3) is 0 Å². The van der Waals surface area contributed by atoms with E-state index in [9.17, 15) is 9.59 Å². The molecule has 0 bridgehead atoms. The summed E-state index contributed by atoms with van der Waals surface area (Å²) in [6.45, 7) is 13.8. The standard InChI is InChI=1S/C23H35BrN6O3Si/c1-8-16-23(32)28(4)18-13-25-21(27-22(18)30(16)15(2)3)19(24)20(31)17-9-10-26-29(17)14-33-11-12-34(5,6)7/h9-10,13,15-16,19H,8,11-12,14H2,1-7H3/t16-,19?/m1/s1. The average molecular weight is 552 g/mol. The van der Waals surface area contributed by atoms with Crippen LogP contribution in [0.1, 0.15) is 48.3 Å². The third-order valence-electron chi connectivity index (χ3n) is 5.90. The van der Waals surface area contributed by atoms with Crippen LogP contribution in [-0.4, -0.2) is 65.3 Å². The van der Waals surface area contributed by atoms with Gasteiger partial charge in [-0.3, -0.25) is 9.59 Å². The van der Waals surface area contributed by atoms with Crippen molar-refractivity contribution in [3.8, 4) is 0 Å². The van der Waals surface area contributed by atoms with Gasteiger partial charge in [-0.1, -0.05) is 42.5 Å². The van der Waals surface area contributed by atoms with Crippen molar-refractivity contribution in [2.75, 3.05) is 23.5 Å². The minimum atomic E-state index is -1.19. The molecule has 0 saturated carbocycles. The Labute approximate surface area is 211 Å². The molecule has 9 nitrogen and oxygen atoms in total. The maximum absolute atomic E-state index is 13.3. The normalized spacial score (nSPS) is 17.3.